The first-order valence-electron chi connectivity index (χ1n) is 12.4. The average molecular weight is 417 g/mol. The molecule has 0 N–H and O–H groups in total. The molecule has 0 radical (unpaired) electrons. The maximum atomic E-state index is 6.12. The van der Waals surface area contributed by atoms with Gasteiger partial charge in [-0.2, -0.15) is 0 Å². The van der Waals surface area contributed by atoms with Crippen molar-refractivity contribution in [3.05, 3.63) is 29.8 Å². The molecule has 0 bridgehead atoms. The van der Waals surface area contributed by atoms with Crippen LogP contribution >= 0.6 is 0 Å². The summed E-state index contributed by atoms with van der Waals surface area (Å²) in [6.07, 6.45) is 13.4. The van der Waals surface area contributed by atoms with Gasteiger partial charge in [0.1, 0.15) is 5.75 Å². The first kappa shape index (κ1) is 23.6. The van der Waals surface area contributed by atoms with Crippen molar-refractivity contribution in [2.75, 3.05) is 34.0 Å². The molecule has 0 heterocycles. The highest BCUT2D eigenvalue weighted by molar-refractivity contribution is 5.27. The lowest BCUT2D eigenvalue weighted by Gasteiger charge is -2.39. The van der Waals surface area contributed by atoms with Gasteiger partial charge in [-0.25, -0.2) is 0 Å². The van der Waals surface area contributed by atoms with E-state index in [1.54, 1.807) is 0 Å². The van der Waals surface area contributed by atoms with Crippen molar-refractivity contribution < 1.29 is 14.2 Å². The van der Waals surface area contributed by atoms with Crippen LogP contribution in [0.4, 0.5) is 0 Å². The molecule has 1 aromatic rings. The molecule has 3 heteroatoms. The lowest BCUT2D eigenvalue weighted by molar-refractivity contribution is 0.0297. The molecule has 0 aliphatic heterocycles. The third kappa shape index (κ3) is 6.99. The zero-order chi connectivity index (χ0) is 21.2. The normalized spacial score (nSPS) is 27.3. The van der Waals surface area contributed by atoms with Crippen LogP contribution in [0.3, 0.4) is 0 Å². The Morgan fingerprint density at radius 2 is 1.37 bits per heavy atom. The molecule has 0 unspecified atom stereocenters. The van der Waals surface area contributed by atoms with Crippen molar-refractivity contribution in [2.45, 2.75) is 71.1 Å². The predicted octanol–water partition coefficient (Wildman–Crippen LogP) is 6.54. The summed E-state index contributed by atoms with van der Waals surface area (Å²) in [7, 11) is 3.63. The minimum atomic E-state index is 0.574. The lowest BCUT2D eigenvalue weighted by atomic mass is 9.67. The molecule has 0 spiro atoms. The second kappa shape index (κ2) is 12.7. The van der Waals surface area contributed by atoms with Crippen molar-refractivity contribution in [1.82, 2.24) is 0 Å². The van der Waals surface area contributed by atoms with Crippen LogP contribution in [0.2, 0.25) is 0 Å². The van der Waals surface area contributed by atoms with Gasteiger partial charge in [-0.15, -0.1) is 0 Å². The molecule has 2 saturated carbocycles. The molecule has 0 amide bonds. The highest BCUT2D eigenvalue weighted by Crippen LogP contribution is 2.43. The molecule has 3 rings (SSSR count). The van der Waals surface area contributed by atoms with Crippen LogP contribution in [0.1, 0.15) is 70.3 Å². The first-order valence-corrected chi connectivity index (χ1v) is 12.4. The molecule has 30 heavy (non-hydrogen) atoms. The second-order valence-electron chi connectivity index (χ2n) is 9.83. The average Bonchev–Trinajstić information content (AvgIpc) is 2.79. The minimum absolute atomic E-state index is 0.574. The van der Waals surface area contributed by atoms with E-state index >= 15 is 0 Å². The molecule has 0 atom stereocenters. The van der Waals surface area contributed by atoms with Gasteiger partial charge in [-0.1, -0.05) is 25.5 Å². The second-order valence-corrected chi connectivity index (χ2v) is 9.83. The summed E-state index contributed by atoms with van der Waals surface area (Å²) in [6.45, 7) is 4.81. The summed E-state index contributed by atoms with van der Waals surface area (Å²) >= 11 is 0. The van der Waals surface area contributed by atoms with E-state index in [-0.39, 0.29) is 0 Å². The Kier molecular flexibility index (Phi) is 10.00. The van der Waals surface area contributed by atoms with Crippen LogP contribution in [0.5, 0.6) is 5.75 Å². The largest absolute Gasteiger partial charge is 0.493 e. The molecule has 2 aliphatic carbocycles. The maximum absolute atomic E-state index is 6.12. The SMILES string of the molecule is CCCc1ccc(OCC2CCC(C3CCC(C(COC)COC)CC3)CC2)cc1. The van der Waals surface area contributed by atoms with E-state index in [0.717, 1.165) is 55.7 Å². The van der Waals surface area contributed by atoms with Crippen LogP contribution in [0.25, 0.3) is 0 Å². The third-order valence-electron chi connectivity index (χ3n) is 7.75. The van der Waals surface area contributed by atoms with Crippen LogP contribution in [0, 0.1) is 29.6 Å². The number of hydrogen-bond donors (Lipinski definition) is 0. The van der Waals surface area contributed by atoms with Gasteiger partial charge in [0.2, 0.25) is 0 Å². The Bertz CT molecular complexity index is 562. The van der Waals surface area contributed by atoms with Crippen molar-refractivity contribution >= 4 is 0 Å². The Morgan fingerprint density at radius 3 is 1.90 bits per heavy atom. The predicted molar refractivity (Wildman–Crippen MR) is 124 cm³/mol. The van der Waals surface area contributed by atoms with E-state index < -0.39 is 0 Å². The summed E-state index contributed by atoms with van der Waals surface area (Å²) in [5.41, 5.74) is 1.41. The summed E-state index contributed by atoms with van der Waals surface area (Å²) in [5, 5.41) is 0. The minimum Gasteiger partial charge on any atom is -0.493 e. The molecule has 2 aliphatic rings. The number of hydrogen-bond acceptors (Lipinski definition) is 3. The Morgan fingerprint density at radius 1 is 0.800 bits per heavy atom. The van der Waals surface area contributed by atoms with Crippen molar-refractivity contribution in [3.8, 4) is 5.75 Å². The van der Waals surface area contributed by atoms with Crippen molar-refractivity contribution in [1.29, 1.82) is 0 Å². The lowest BCUT2D eigenvalue weighted by Crippen LogP contribution is -2.31. The highest BCUT2D eigenvalue weighted by Gasteiger charge is 2.33. The van der Waals surface area contributed by atoms with Gasteiger partial charge in [-0.3, -0.25) is 0 Å². The van der Waals surface area contributed by atoms with Crippen LogP contribution in [-0.4, -0.2) is 34.0 Å². The van der Waals surface area contributed by atoms with Gasteiger partial charge >= 0.3 is 0 Å². The van der Waals surface area contributed by atoms with E-state index in [1.807, 2.05) is 14.2 Å². The summed E-state index contributed by atoms with van der Waals surface area (Å²) < 4.78 is 17.0. The Hall–Kier alpha value is -1.06. The van der Waals surface area contributed by atoms with Gasteiger partial charge < -0.3 is 14.2 Å². The molecular weight excluding hydrogens is 372 g/mol. The molecule has 0 saturated heterocycles. The zero-order valence-electron chi connectivity index (χ0n) is 19.6. The van der Waals surface area contributed by atoms with Crippen LogP contribution < -0.4 is 4.74 Å². The van der Waals surface area contributed by atoms with Gasteiger partial charge in [0.15, 0.2) is 0 Å². The molecule has 0 aromatic heterocycles. The number of benzene rings is 1. The van der Waals surface area contributed by atoms with E-state index in [1.165, 1.54) is 63.4 Å². The molecule has 1 aromatic carbocycles. The Labute approximate surface area is 184 Å². The van der Waals surface area contributed by atoms with E-state index in [4.69, 9.17) is 14.2 Å². The summed E-state index contributed by atoms with van der Waals surface area (Å²) in [4.78, 5) is 0. The maximum Gasteiger partial charge on any atom is 0.119 e. The van der Waals surface area contributed by atoms with Gasteiger partial charge in [0.05, 0.1) is 19.8 Å². The first-order chi connectivity index (χ1) is 14.7. The number of aryl methyl sites for hydroxylation is 1. The number of ether oxygens (including phenoxy) is 3. The summed E-state index contributed by atoms with van der Waals surface area (Å²) in [6, 6.07) is 8.73. The fraction of sp³-hybridized carbons (Fsp3) is 0.778. The fourth-order valence-electron chi connectivity index (χ4n) is 5.92. The molecule has 3 nitrogen and oxygen atoms in total. The molecule has 170 valence electrons. The topological polar surface area (TPSA) is 27.7 Å². The molecular formula is C27H44O3. The van der Waals surface area contributed by atoms with Crippen LogP contribution in [0.15, 0.2) is 24.3 Å². The number of methoxy groups -OCH3 is 2. The van der Waals surface area contributed by atoms with E-state index in [9.17, 15) is 0 Å². The quantitative estimate of drug-likeness (QED) is 0.410. The summed E-state index contributed by atoms with van der Waals surface area (Å²) in [5.74, 6) is 5.02. The van der Waals surface area contributed by atoms with Gasteiger partial charge in [0, 0.05) is 20.1 Å². The van der Waals surface area contributed by atoms with Crippen molar-refractivity contribution in [2.24, 2.45) is 29.6 Å². The fourth-order valence-corrected chi connectivity index (χ4v) is 5.92. The Balaban J connectivity index is 1.35. The molecule has 2 fully saturated rings. The smallest absolute Gasteiger partial charge is 0.119 e. The number of rotatable bonds is 11. The monoisotopic (exact) mass is 416 g/mol. The van der Waals surface area contributed by atoms with E-state index in [2.05, 4.69) is 31.2 Å². The van der Waals surface area contributed by atoms with Gasteiger partial charge in [0.25, 0.3) is 0 Å². The third-order valence-corrected chi connectivity index (χ3v) is 7.75. The van der Waals surface area contributed by atoms with Gasteiger partial charge in [-0.05, 0) is 99.2 Å². The standard InChI is InChI=1S/C27H44O3/c1-4-5-21-8-16-27(17-9-21)30-18-22-6-10-23(11-7-22)24-12-14-25(15-13-24)26(19-28-2)20-29-3/h8-9,16-17,22-26H,4-7,10-15,18-20H2,1-3H3. The van der Waals surface area contributed by atoms with E-state index in [0.29, 0.717) is 5.92 Å². The zero-order valence-corrected chi connectivity index (χ0v) is 19.6. The highest BCUT2D eigenvalue weighted by atomic mass is 16.5. The van der Waals surface area contributed by atoms with Crippen molar-refractivity contribution in [3.63, 3.8) is 0 Å². The van der Waals surface area contributed by atoms with Crippen LogP contribution in [-0.2, 0) is 15.9 Å².